The first-order valence-corrected chi connectivity index (χ1v) is 8.72. The largest absolute Gasteiger partial charge is 0.293 e. The van der Waals surface area contributed by atoms with Crippen molar-refractivity contribution in [1.82, 2.24) is 0 Å². The fourth-order valence-corrected chi connectivity index (χ4v) is 3.13. The molecule has 0 unspecified atom stereocenters. The zero-order valence-corrected chi connectivity index (χ0v) is 13.9. The lowest BCUT2D eigenvalue weighted by Crippen LogP contribution is -2.06. The van der Waals surface area contributed by atoms with Crippen LogP contribution in [0, 0.1) is 0 Å². The average molecular weight is 331 g/mol. The topological polar surface area (TPSA) is 29.4 Å². The van der Waals surface area contributed by atoms with E-state index < -0.39 is 0 Å². The molecule has 3 heteroatoms. The lowest BCUT2D eigenvalue weighted by molar-refractivity contribution is 0.102. The highest BCUT2D eigenvalue weighted by Gasteiger charge is 2.10. The Balaban J connectivity index is 1.81. The number of rotatable bonds is 5. The zero-order valence-electron chi connectivity index (χ0n) is 13.1. The Labute approximate surface area is 146 Å². The van der Waals surface area contributed by atoms with Crippen molar-refractivity contribution in [3.8, 4) is 0 Å². The predicted octanol–water partition coefficient (Wildman–Crippen LogP) is 5.38. The van der Waals surface area contributed by atoms with Gasteiger partial charge in [0.05, 0.1) is 11.4 Å². The molecule has 24 heavy (non-hydrogen) atoms. The number of aliphatic imine (C=N–C) groups is 1. The monoisotopic (exact) mass is 331 g/mol. The summed E-state index contributed by atoms with van der Waals surface area (Å²) in [6.07, 6.45) is 0. The molecule has 0 aliphatic heterocycles. The van der Waals surface area contributed by atoms with Crippen molar-refractivity contribution in [3.63, 3.8) is 0 Å². The Kier molecular flexibility index (Phi) is 5.59. The summed E-state index contributed by atoms with van der Waals surface area (Å²) in [5.74, 6) is 0.474. The van der Waals surface area contributed by atoms with Crippen molar-refractivity contribution in [1.29, 1.82) is 0 Å². The molecule has 0 aliphatic rings. The highest BCUT2D eigenvalue weighted by Crippen LogP contribution is 2.21. The number of ketones is 1. The van der Waals surface area contributed by atoms with Gasteiger partial charge in [-0.15, -0.1) is 0 Å². The molecule has 118 valence electrons. The highest BCUT2D eigenvalue weighted by molar-refractivity contribution is 8.15. The van der Waals surface area contributed by atoms with Crippen LogP contribution >= 0.6 is 11.8 Å². The first-order valence-electron chi connectivity index (χ1n) is 7.73. The number of carbonyl (C=O) groups excluding carboxylic acids is 1. The minimum atomic E-state index is 0.109. The molecule has 0 amide bonds. The molecule has 3 aromatic rings. The molecule has 0 heterocycles. The molecule has 0 saturated carbocycles. The maximum Gasteiger partial charge on any atom is 0.173 e. The zero-order chi connectivity index (χ0) is 16.6. The van der Waals surface area contributed by atoms with E-state index in [1.807, 2.05) is 91.0 Å². The summed E-state index contributed by atoms with van der Waals surface area (Å²) in [6, 6.07) is 29.1. The van der Waals surface area contributed by atoms with Crippen molar-refractivity contribution in [2.24, 2.45) is 4.99 Å². The molecule has 0 N–H and O–H groups in total. The van der Waals surface area contributed by atoms with Gasteiger partial charge in [0.25, 0.3) is 0 Å². The van der Waals surface area contributed by atoms with Gasteiger partial charge in [-0.25, -0.2) is 4.99 Å². The first kappa shape index (κ1) is 16.2. The number of hydrogen-bond acceptors (Lipinski definition) is 3. The lowest BCUT2D eigenvalue weighted by atomic mass is 10.2. The number of carbonyl (C=O) groups is 1. The van der Waals surface area contributed by atoms with E-state index >= 15 is 0 Å². The van der Waals surface area contributed by atoms with E-state index in [4.69, 9.17) is 4.99 Å². The van der Waals surface area contributed by atoms with Crippen LogP contribution in [0.4, 0.5) is 5.69 Å². The molecule has 0 spiro atoms. The van der Waals surface area contributed by atoms with Crippen molar-refractivity contribution >= 4 is 28.3 Å². The van der Waals surface area contributed by atoms with E-state index in [2.05, 4.69) is 0 Å². The predicted molar refractivity (Wildman–Crippen MR) is 102 cm³/mol. The molecule has 0 radical (unpaired) electrons. The van der Waals surface area contributed by atoms with Gasteiger partial charge in [0.2, 0.25) is 0 Å². The van der Waals surface area contributed by atoms with Gasteiger partial charge in [0.15, 0.2) is 5.78 Å². The Morgan fingerprint density at radius 3 is 1.79 bits per heavy atom. The smallest absolute Gasteiger partial charge is 0.173 e. The van der Waals surface area contributed by atoms with Crippen LogP contribution in [0.5, 0.6) is 0 Å². The minimum absolute atomic E-state index is 0.109. The molecular formula is C21H17NOS. The van der Waals surface area contributed by atoms with Crippen LogP contribution in [-0.2, 0) is 0 Å². The highest BCUT2D eigenvalue weighted by atomic mass is 32.2. The SMILES string of the molecule is O=C(CSC(=Nc1ccccc1)c1ccccc1)c1ccccc1. The van der Waals surface area contributed by atoms with Gasteiger partial charge in [0, 0.05) is 11.1 Å². The summed E-state index contributed by atoms with van der Waals surface area (Å²) in [5.41, 5.74) is 2.64. The number of para-hydroxylation sites is 1. The van der Waals surface area contributed by atoms with Crippen LogP contribution in [0.3, 0.4) is 0 Å². The van der Waals surface area contributed by atoms with E-state index in [-0.39, 0.29) is 5.78 Å². The maximum atomic E-state index is 12.4. The van der Waals surface area contributed by atoms with Crippen molar-refractivity contribution < 1.29 is 4.79 Å². The second-order valence-electron chi connectivity index (χ2n) is 5.20. The van der Waals surface area contributed by atoms with E-state index in [1.165, 1.54) is 11.8 Å². The van der Waals surface area contributed by atoms with Gasteiger partial charge in [-0.1, -0.05) is 90.6 Å². The van der Waals surface area contributed by atoms with Gasteiger partial charge in [-0.2, -0.15) is 0 Å². The maximum absolute atomic E-state index is 12.4. The molecule has 0 bridgehead atoms. The Hall–Kier alpha value is -2.65. The fourth-order valence-electron chi connectivity index (χ4n) is 2.22. The molecule has 0 fully saturated rings. The Bertz CT molecular complexity index is 814. The number of nitrogens with zero attached hydrogens (tertiary/aromatic N) is 1. The summed E-state index contributed by atoms with van der Waals surface area (Å²) in [6.45, 7) is 0. The van der Waals surface area contributed by atoms with Crippen molar-refractivity contribution in [3.05, 3.63) is 102 Å². The summed E-state index contributed by atoms with van der Waals surface area (Å²) in [4.78, 5) is 17.1. The molecule has 3 aromatic carbocycles. The minimum Gasteiger partial charge on any atom is -0.293 e. The van der Waals surface area contributed by atoms with E-state index in [9.17, 15) is 4.79 Å². The fraction of sp³-hybridized carbons (Fsp3) is 0.0476. The van der Waals surface area contributed by atoms with Crippen LogP contribution in [0.15, 0.2) is 96.0 Å². The quantitative estimate of drug-likeness (QED) is 0.357. The van der Waals surface area contributed by atoms with Crippen molar-refractivity contribution in [2.45, 2.75) is 0 Å². The number of benzene rings is 3. The van der Waals surface area contributed by atoms with Gasteiger partial charge < -0.3 is 0 Å². The molecule has 2 nitrogen and oxygen atoms in total. The van der Waals surface area contributed by atoms with E-state index in [0.717, 1.165) is 21.9 Å². The van der Waals surface area contributed by atoms with Crippen LogP contribution in [-0.4, -0.2) is 16.6 Å². The number of hydrogen-bond donors (Lipinski definition) is 0. The summed E-state index contributed by atoms with van der Waals surface area (Å²) in [5, 5.41) is 0.853. The number of thioether (sulfide) groups is 1. The molecule has 0 saturated heterocycles. The third-order valence-corrected chi connectivity index (χ3v) is 4.45. The van der Waals surface area contributed by atoms with E-state index in [0.29, 0.717) is 5.75 Å². The standard InChI is InChI=1S/C21H17NOS/c23-20(17-10-4-1-5-11-17)16-24-21(18-12-6-2-7-13-18)22-19-14-8-3-9-15-19/h1-15H,16H2. The van der Waals surface area contributed by atoms with Crippen LogP contribution in [0.1, 0.15) is 15.9 Å². The van der Waals surface area contributed by atoms with Crippen LogP contribution in [0.25, 0.3) is 0 Å². The average Bonchev–Trinajstić information content (AvgIpc) is 2.67. The normalized spacial score (nSPS) is 11.2. The summed E-state index contributed by atoms with van der Waals surface area (Å²) >= 11 is 1.47. The van der Waals surface area contributed by atoms with Gasteiger partial charge in [-0.3, -0.25) is 4.79 Å². The summed E-state index contributed by atoms with van der Waals surface area (Å²) in [7, 11) is 0. The van der Waals surface area contributed by atoms with Gasteiger partial charge in [-0.05, 0) is 12.1 Å². The molecule has 3 rings (SSSR count). The summed E-state index contributed by atoms with van der Waals surface area (Å²) < 4.78 is 0. The lowest BCUT2D eigenvalue weighted by Gasteiger charge is -2.07. The van der Waals surface area contributed by atoms with Gasteiger partial charge in [0.1, 0.15) is 5.04 Å². The van der Waals surface area contributed by atoms with Crippen LogP contribution in [0.2, 0.25) is 0 Å². The molecule has 0 atom stereocenters. The third kappa shape index (κ3) is 4.43. The second kappa shape index (κ2) is 8.27. The second-order valence-corrected chi connectivity index (χ2v) is 6.16. The Morgan fingerprint density at radius 2 is 1.21 bits per heavy atom. The van der Waals surface area contributed by atoms with E-state index in [1.54, 1.807) is 0 Å². The number of Topliss-reactive ketones (excluding diaryl/α,β-unsaturated/α-hetero) is 1. The third-order valence-electron chi connectivity index (χ3n) is 3.44. The first-order chi connectivity index (χ1) is 11.8. The molecular weight excluding hydrogens is 314 g/mol. The van der Waals surface area contributed by atoms with Crippen LogP contribution < -0.4 is 0 Å². The molecule has 0 aliphatic carbocycles. The van der Waals surface area contributed by atoms with Crippen molar-refractivity contribution in [2.75, 3.05) is 5.75 Å². The molecule has 0 aromatic heterocycles. The Morgan fingerprint density at radius 1 is 0.708 bits per heavy atom. The van der Waals surface area contributed by atoms with Gasteiger partial charge >= 0.3 is 0 Å².